The molecule has 2 N–H and O–H groups in total. The van der Waals surface area contributed by atoms with Crippen molar-refractivity contribution in [2.45, 2.75) is 32.4 Å². The summed E-state index contributed by atoms with van der Waals surface area (Å²) >= 11 is 1.31. The summed E-state index contributed by atoms with van der Waals surface area (Å²) in [4.78, 5) is 34.4. The Kier molecular flexibility index (Phi) is 6.95. The van der Waals surface area contributed by atoms with Crippen molar-refractivity contribution in [2.24, 2.45) is 0 Å². The molecule has 1 fully saturated rings. The van der Waals surface area contributed by atoms with Crippen molar-refractivity contribution in [3.63, 3.8) is 0 Å². The van der Waals surface area contributed by atoms with Crippen molar-refractivity contribution in [3.05, 3.63) is 89.0 Å². The number of thiazole rings is 1. The van der Waals surface area contributed by atoms with Gasteiger partial charge in [-0.2, -0.15) is 4.39 Å². The number of halogens is 2. The van der Waals surface area contributed by atoms with E-state index in [1.54, 1.807) is 41.1 Å². The molecule has 8 nitrogen and oxygen atoms in total. The van der Waals surface area contributed by atoms with E-state index in [4.69, 9.17) is 0 Å². The predicted molar refractivity (Wildman–Crippen MR) is 138 cm³/mol. The second-order valence-corrected chi connectivity index (χ2v) is 9.60. The van der Waals surface area contributed by atoms with Crippen LogP contribution in [0.15, 0.2) is 60.2 Å². The first-order valence-corrected chi connectivity index (χ1v) is 12.6. The minimum Gasteiger partial charge on any atom is -0.361 e. The van der Waals surface area contributed by atoms with E-state index < -0.39 is 11.8 Å². The third-order valence-electron chi connectivity index (χ3n) is 6.12. The molecule has 4 aromatic rings. The quantitative estimate of drug-likeness (QED) is 0.325. The van der Waals surface area contributed by atoms with E-state index in [1.165, 1.54) is 36.6 Å². The van der Waals surface area contributed by atoms with Gasteiger partial charge in [-0.3, -0.25) is 14.9 Å². The fourth-order valence-corrected chi connectivity index (χ4v) is 5.29. The molecule has 4 heterocycles. The highest BCUT2D eigenvalue weighted by Crippen LogP contribution is 2.39. The number of anilines is 3. The summed E-state index contributed by atoms with van der Waals surface area (Å²) in [5, 5.41) is 7.75. The number of hydrogen-bond donors (Lipinski definition) is 2. The number of nitrogens with one attached hydrogen (secondary N) is 2. The monoisotopic (exact) mass is 522 g/mol. The molecule has 0 unspecified atom stereocenters. The van der Waals surface area contributed by atoms with Gasteiger partial charge in [-0.25, -0.2) is 14.4 Å². The lowest BCUT2D eigenvalue weighted by atomic mass is 10.1. The average molecular weight is 523 g/mol. The molecule has 11 heteroatoms. The van der Waals surface area contributed by atoms with Crippen molar-refractivity contribution in [2.75, 3.05) is 22.1 Å². The number of rotatable bonds is 7. The topological polar surface area (TPSA) is 92.2 Å². The summed E-state index contributed by atoms with van der Waals surface area (Å²) in [6.07, 6.45) is 4.82. The Balaban J connectivity index is 1.29. The minimum absolute atomic E-state index is 0.131. The van der Waals surface area contributed by atoms with Crippen LogP contribution in [0.3, 0.4) is 0 Å². The Hall–Kier alpha value is -4.12. The van der Waals surface area contributed by atoms with Gasteiger partial charge in [-0.15, -0.1) is 11.3 Å². The number of carbonyl (C=O) groups is 2. The predicted octanol–water partition coefficient (Wildman–Crippen LogP) is 5.22. The first kappa shape index (κ1) is 24.6. The van der Waals surface area contributed by atoms with Gasteiger partial charge >= 0.3 is 0 Å². The molecule has 0 saturated carbocycles. The van der Waals surface area contributed by atoms with Crippen molar-refractivity contribution < 1.29 is 18.4 Å². The number of pyridine rings is 1. The van der Waals surface area contributed by atoms with Gasteiger partial charge in [-0.1, -0.05) is 0 Å². The Morgan fingerprint density at radius 2 is 2.03 bits per heavy atom. The maximum absolute atomic E-state index is 14.9. The molecule has 0 spiro atoms. The van der Waals surface area contributed by atoms with Crippen LogP contribution in [0.4, 0.5) is 25.3 Å². The van der Waals surface area contributed by atoms with E-state index in [0.717, 1.165) is 18.5 Å². The minimum atomic E-state index is -0.574. The fourth-order valence-electron chi connectivity index (χ4n) is 4.54. The molecule has 1 saturated heterocycles. The van der Waals surface area contributed by atoms with Gasteiger partial charge in [-0.05, 0) is 60.9 Å². The van der Waals surface area contributed by atoms with Crippen LogP contribution in [0.25, 0.3) is 0 Å². The Morgan fingerprint density at radius 1 is 1.16 bits per heavy atom. The van der Waals surface area contributed by atoms with Crippen molar-refractivity contribution in [1.82, 2.24) is 14.5 Å². The molecule has 0 radical (unpaired) electrons. The first-order valence-electron chi connectivity index (χ1n) is 11.7. The Morgan fingerprint density at radius 3 is 2.81 bits per heavy atom. The second-order valence-electron chi connectivity index (χ2n) is 8.74. The average Bonchev–Trinajstić information content (AvgIpc) is 3.60. The first-order chi connectivity index (χ1) is 17.9. The zero-order valence-corrected chi connectivity index (χ0v) is 20.8. The SMILES string of the molecule is CC(=O)Nc1ccc(N2CCC[C@@H]2c2csc(NC(=O)c3cccn3Cc3ccnc(F)c3)n2)c(F)c1. The van der Waals surface area contributed by atoms with E-state index in [0.29, 0.717) is 40.9 Å². The summed E-state index contributed by atoms with van der Waals surface area (Å²) in [5.74, 6) is -1.59. The molecule has 190 valence electrons. The van der Waals surface area contributed by atoms with Crippen molar-refractivity contribution in [3.8, 4) is 0 Å². The molecule has 1 aliphatic heterocycles. The number of carbonyl (C=O) groups excluding carboxylic acids is 2. The summed E-state index contributed by atoms with van der Waals surface area (Å²) in [6, 6.07) is 11.0. The normalized spacial score (nSPS) is 15.1. The highest BCUT2D eigenvalue weighted by molar-refractivity contribution is 7.14. The van der Waals surface area contributed by atoms with Crippen LogP contribution in [0, 0.1) is 11.8 Å². The molecule has 2 amide bonds. The zero-order valence-electron chi connectivity index (χ0n) is 19.9. The molecular formula is C26H24F2N6O2S. The molecular weight excluding hydrogens is 498 g/mol. The molecule has 1 atom stereocenters. The van der Waals surface area contributed by atoms with E-state index in [1.807, 2.05) is 10.3 Å². The lowest BCUT2D eigenvalue weighted by Crippen LogP contribution is -2.24. The van der Waals surface area contributed by atoms with Gasteiger partial charge in [0.25, 0.3) is 5.91 Å². The van der Waals surface area contributed by atoms with Gasteiger partial charge in [0.05, 0.1) is 17.4 Å². The molecule has 3 aromatic heterocycles. The molecule has 37 heavy (non-hydrogen) atoms. The van der Waals surface area contributed by atoms with Crippen LogP contribution in [-0.4, -0.2) is 32.9 Å². The van der Waals surface area contributed by atoms with Gasteiger partial charge in [0, 0.05) is 43.5 Å². The summed E-state index contributed by atoms with van der Waals surface area (Å²) in [7, 11) is 0. The second kappa shape index (κ2) is 10.5. The van der Waals surface area contributed by atoms with Gasteiger partial charge in [0.1, 0.15) is 11.5 Å². The van der Waals surface area contributed by atoms with E-state index in [2.05, 4.69) is 20.6 Å². The zero-order chi connectivity index (χ0) is 25.9. The largest absolute Gasteiger partial charge is 0.361 e. The molecule has 1 aliphatic rings. The van der Waals surface area contributed by atoms with E-state index in [-0.39, 0.29) is 17.9 Å². The van der Waals surface area contributed by atoms with E-state index in [9.17, 15) is 18.4 Å². The molecule has 5 rings (SSSR count). The Bertz CT molecular complexity index is 1450. The van der Waals surface area contributed by atoms with Crippen molar-refractivity contribution in [1.29, 1.82) is 0 Å². The highest BCUT2D eigenvalue weighted by atomic mass is 32.1. The number of amides is 2. The fraction of sp³-hybridized carbons (Fsp3) is 0.231. The van der Waals surface area contributed by atoms with Crippen molar-refractivity contribution >= 4 is 39.7 Å². The number of hydrogen-bond acceptors (Lipinski definition) is 6. The lowest BCUT2D eigenvalue weighted by molar-refractivity contribution is -0.114. The summed E-state index contributed by atoms with van der Waals surface area (Å²) in [5.41, 5.74) is 2.71. The highest BCUT2D eigenvalue weighted by Gasteiger charge is 2.30. The maximum atomic E-state index is 14.9. The van der Waals surface area contributed by atoms with Crippen LogP contribution in [0.1, 0.15) is 47.6 Å². The smallest absolute Gasteiger partial charge is 0.274 e. The van der Waals surface area contributed by atoms with Crippen LogP contribution >= 0.6 is 11.3 Å². The number of benzene rings is 1. The maximum Gasteiger partial charge on any atom is 0.274 e. The third-order valence-corrected chi connectivity index (χ3v) is 6.90. The Labute approximate surface area is 216 Å². The molecule has 0 aliphatic carbocycles. The standard InChI is InChI=1S/C26H24F2N6O2S/c1-16(35)30-18-6-7-21(19(27)13-18)34-11-3-4-22(34)20-15-37-26(31-20)32-25(36)23-5-2-10-33(23)14-17-8-9-29-24(28)12-17/h2,5-10,12-13,15,22H,3-4,11,14H2,1H3,(H,30,35)(H,31,32,36)/t22-/m1/s1. The van der Waals surface area contributed by atoms with Gasteiger partial charge < -0.3 is 14.8 Å². The van der Waals surface area contributed by atoms with Crippen LogP contribution in [-0.2, 0) is 11.3 Å². The van der Waals surface area contributed by atoms with E-state index >= 15 is 0 Å². The van der Waals surface area contributed by atoms with Gasteiger partial charge in [0.15, 0.2) is 5.13 Å². The molecule has 1 aromatic carbocycles. The van der Waals surface area contributed by atoms with Gasteiger partial charge in [0.2, 0.25) is 11.9 Å². The number of aromatic nitrogens is 3. The van der Waals surface area contributed by atoms with Crippen LogP contribution in [0.5, 0.6) is 0 Å². The summed E-state index contributed by atoms with van der Waals surface area (Å²) < 4.78 is 30.1. The number of nitrogens with zero attached hydrogens (tertiary/aromatic N) is 4. The third kappa shape index (κ3) is 5.51. The van der Waals surface area contributed by atoms with Crippen LogP contribution in [0.2, 0.25) is 0 Å². The lowest BCUT2D eigenvalue weighted by Gasteiger charge is -2.26. The molecule has 0 bridgehead atoms. The summed E-state index contributed by atoms with van der Waals surface area (Å²) in [6.45, 7) is 2.37. The van der Waals surface area contributed by atoms with Crippen LogP contribution < -0.4 is 15.5 Å².